The minimum absolute atomic E-state index is 0.622. The van der Waals surface area contributed by atoms with E-state index in [-0.39, 0.29) is 0 Å². The Kier molecular flexibility index (Phi) is 3.36. The van der Waals surface area contributed by atoms with Crippen LogP contribution in [0.2, 0.25) is 0 Å². The summed E-state index contributed by atoms with van der Waals surface area (Å²) in [5, 5.41) is 26.8. The van der Waals surface area contributed by atoms with E-state index in [9.17, 15) is 13.2 Å². The van der Waals surface area contributed by atoms with Crippen molar-refractivity contribution in [3.8, 4) is 0 Å². The van der Waals surface area contributed by atoms with E-state index in [1.165, 1.54) is 0 Å². The third-order valence-corrected chi connectivity index (χ3v) is 2.23. The molecule has 1 unspecified atom stereocenters. The molecule has 1 fully saturated rings. The van der Waals surface area contributed by atoms with Crippen LogP contribution < -0.4 is 0 Å². The average Bonchev–Trinajstić information content (AvgIpc) is 2.07. The van der Waals surface area contributed by atoms with Gasteiger partial charge in [-0.05, 0) is 0 Å². The van der Waals surface area contributed by atoms with Crippen molar-refractivity contribution < 1.29 is 33.2 Å². The molecule has 0 aromatic heterocycles. The summed E-state index contributed by atoms with van der Waals surface area (Å²) in [5.41, 5.74) is 0. The SMILES string of the molecule is OC[C@H]1OCC(C(F)(F)F)[C@@H](O)[C@H]1O. The van der Waals surface area contributed by atoms with E-state index in [0.29, 0.717) is 0 Å². The molecule has 14 heavy (non-hydrogen) atoms. The average molecular weight is 216 g/mol. The van der Waals surface area contributed by atoms with E-state index in [1.54, 1.807) is 0 Å². The molecule has 3 N–H and O–H groups in total. The van der Waals surface area contributed by atoms with Gasteiger partial charge in [-0.3, -0.25) is 0 Å². The maximum atomic E-state index is 12.2. The minimum atomic E-state index is -4.61. The van der Waals surface area contributed by atoms with Gasteiger partial charge in [-0.25, -0.2) is 0 Å². The van der Waals surface area contributed by atoms with Crippen molar-refractivity contribution in [2.75, 3.05) is 13.2 Å². The zero-order valence-corrected chi connectivity index (χ0v) is 7.11. The standard InChI is InChI=1S/C7H11F3O4/c8-7(9,10)3-2-14-4(1-11)6(13)5(3)12/h3-6,11-13H,1-2H2/t3?,4-,5-,6+/m1/s1. The largest absolute Gasteiger partial charge is 0.396 e. The lowest BCUT2D eigenvalue weighted by Crippen LogP contribution is -2.55. The summed E-state index contributed by atoms with van der Waals surface area (Å²) >= 11 is 0. The van der Waals surface area contributed by atoms with Crippen molar-refractivity contribution in [2.24, 2.45) is 5.92 Å². The maximum Gasteiger partial charge on any atom is 0.396 e. The summed E-state index contributed by atoms with van der Waals surface area (Å²) in [4.78, 5) is 0. The molecule has 1 saturated heterocycles. The minimum Gasteiger partial charge on any atom is -0.394 e. The van der Waals surface area contributed by atoms with Crippen LogP contribution in [0.25, 0.3) is 0 Å². The molecule has 0 aromatic rings. The van der Waals surface area contributed by atoms with Crippen LogP contribution in [0.15, 0.2) is 0 Å². The lowest BCUT2D eigenvalue weighted by atomic mass is 9.92. The summed E-state index contributed by atoms with van der Waals surface area (Å²) in [6.45, 7) is -1.37. The second-order valence-corrected chi connectivity index (χ2v) is 3.18. The monoisotopic (exact) mass is 216 g/mol. The Bertz CT molecular complexity index is 196. The van der Waals surface area contributed by atoms with Gasteiger partial charge in [0.25, 0.3) is 0 Å². The molecule has 1 aliphatic heterocycles. The molecule has 84 valence electrons. The fourth-order valence-corrected chi connectivity index (χ4v) is 1.33. The Balaban J connectivity index is 2.69. The molecular formula is C7H11F3O4. The van der Waals surface area contributed by atoms with Crippen molar-refractivity contribution >= 4 is 0 Å². The van der Waals surface area contributed by atoms with Gasteiger partial charge in [0.1, 0.15) is 18.1 Å². The highest BCUT2D eigenvalue weighted by Gasteiger charge is 2.51. The number of hydrogen-bond donors (Lipinski definition) is 3. The summed E-state index contributed by atoms with van der Waals surface area (Å²) < 4.78 is 41.1. The normalized spacial score (nSPS) is 39.9. The summed E-state index contributed by atoms with van der Waals surface area (Å²) in [7, 11) is 0. The third-order valence-electron chi connectivity index (χ3n) is 2.23. The molecule has 0 amide bonds. The van der Waals surface area contributed by atoms with Crippen LogP contribution in [0.4, 0.5) is 13.2 Å². The van der Waals surface area contributed by atoms with Crippen LogP contribution in [-0.4, -0.2) is 53.0 Å². The van der Waals surface area contributed by atoms with E-state index >= 15 is 0 Å². The van der Waals surface area contributed by atoms with Crippen LogP contribution in [0.5, 0.6) is 0 Å². The fraction of sp³-hybridized carbons (Fsp3) is 1.00. The predicted molar refractivity (Wildman–Crippen MR) is 38.4 cm³/mol. The van der Waals surface area contributed by atoms with Gasteiger partial charge in [-0.1, -0.05) is 0 Å². The first kappa shape index (κ1) is 11.7. The highest BCUT2D eigenvalue weighted by atomic mass is 19.4. The Labute approximate surface area is 77.9 Å². The van der Waals surface area contributed by atoms with Gasteiger partial charge in [0, 0.05) is 0 Å². The van der Waals surface area contributed by atoms with E-state index in [1.807, 2.05) is 0 Å². The molecule has 1 rings (SSSR count). The smallest absolute Gasteiger partial charge is 0.394 e. The zero-order chi connectivity index (χ0) is 10.9. The van der Waals surface area contributed by atoms with Gasteiger partial charge < -0.3 is 20.1 Å². The molecule has 0 bridgehead atoms. The van der Waals surface area contributed by atoms with Gasteiger partial charge in [-0.15, -0.1) is 0 Å². The third kappa shape index (κ3) is 2.17. The van der Waals surface area contributed by atoms with Crippen molar-refractivity contribution in [1.29, 1.82) is 0 Å². The van der Waals surface area contributed by atoms with Crippen LogP contribution in [0.3, 0.4) is 0 Å². The van der Waals surface area contributed by atoms with E-state index in [4.69, 9.17) is 15.3 Å². The first-order valence-corrected chi connectivity index (χ1v) is 4.03. The quantitative estimate of drug-likeness (QED) is 0.541. The Hall–Kier alpha value is -0.370. The van der Waals surface area contributed by atoms with Gasteiger partial charge in [0.05, 0.1) is 19.3 Å². The molecule has 0 saturated carbocycles. The number of ether oxygens (including phenoxy) is 1. The van der Waals surface area contributed by atoms with E-state index in [0.717, 1.165) is 0 Å². The molecular weight excluding hydrogens is 205 g/mol. The molecule has 1 aliphatic rings. The number of alkyl halides is 3. The molecule has 0 aliphatic carbocycles. The van der Waals surface area contributed by atoms with Crippen LogP contribution in [0, 0.1) is 5.92 Å². The van der Waals surface area contributed by atoms with Crippen molar-refractivity contribution in [2.45, 2.75) is 24.5 Å². The van der Waals surface area contributed by atoms with E-state index in [2.05, 4.69) is 4.74 Å². The molecule has 0 spiro atoms. The molecule has 0 radical (unpaired) electrons. The molecule has 4 atom stereocenters. The van der Waals surface area contributed by atoms with Gasteiger partial charge in [0.15, 0.2) is 0 Å². The highest BCUT2D eigenvalue weighted by molar-refractivity contribution is 4.89. The maximum absolute atomic E-state index is 12.2. The first-order valence-electron chi connectivity index (χ1n) is 4.03. The second-order valence-electron chi connectivity index (χ2n) is 3.18. The van der Waals surface area contributed by atoms with Gasteiger partial charge in [0.2, 0.25) is 0 Å². The highest BCUT2D eigenvalue weighted by Crippen LogP contribution is 2.34. The van der Waals surface area contributed by atoms with Crippen LogP contribution in [0.1, 0.15) is 0 Å². The van der Waals surface area contributed by atoms with Gasteiger partial charge >= 0.3 is 6.18 Å². The molecule has 7 heteroatoms. The topological polar surface area (TPSA) is 69.9 Å². The predicted octanol–water partition coefficient (Wildman–Crippen LogP) is -0.722. The Morgan fingerprint density at radius 2 is 1.79 bits per heavy atom. The molecule has 4 nitrogen and oxygen atoms in total. The number of hydrogen-bond acceptors (Lipinski definition) is 4. The molecule has 0 aromatic carbocycles. The molecule has 1 heterocycles. The lowest BCUT2D eigenvalue weighted by Gasteiger charge is -2.37. The van der Waals surface area contributed by atoms with Crippen LogP contribution in [-0.2, 0) is 4.74 Å². The second kappa shape index (κ2) is 4.01. The summed E-state index contributed by atoms with van der Waals surface area (Å²) in [5.74, 6) is -2.10. The number of aliphatic hydroxyl groups excluding tert-OH is 3. The van der Waals surface area contributed by atoms with Crippen molar-refractivity contribution in [3.63, 3.8) is 0 Å². The van der Waals surface area contributed by atoms with Crippen molar-refractivity contribution in [3.05, 3.63) is 0 Å². The Morgan fingerprint density at radius 1 is 1.21 bits per heavy atom. The Morgan fingerprint density at radius 3 is 2.21 bits per heavy atom. The van der Waals surface area contributed by atoms with Crippen LogP contribution >= 0.6 is 0 Å². The first-order chi connectivity index (χ1) is 6.38. The summed E-state index contributed by atoms with van der Waals surface area (Å²) in [6.07, 6.45) is -9.41. The van der Waals surface area contributed by atoms with E-state index < -0.39 is 43.6 Å². The number of aliphatic hydroxyl groups is 3. The lowest BCUT2D eigenvalue weighted by molar-refractivity contribution is -0.267. The number of halogens is 3. The zero-order valence-electron chi connectivity index (χ0n) is 7.11. The summed E-state index contributed by atoms with van der Waals surface area (Å²) in [6, 6.07) is 0. The number of rotatable bonds is 1. The van der Waals surface area contributed by atoms with Gasteiger partial charge in [-0.2, -0.15) is 13.2 Å². The van der Waals surface area contributed by atoms with Crippen molar-refractivity contribution in [1.82, 2.24) is 0 Å². The fourth-order valence-electron chi connectivity index (χ4n) is 1.33.